The van der Waals surface area contributed by atoms with Gasteiger partial charge in [0.15, 0.2) is 5.96 Å². The Morgan fingerprint density at radius 3 is 2.68 bits per heavy atom. The van der Waals surface area contributed by atoms with Gasteiger partial charge in [-0.2, -0.15) is 0 Å². The molecule has 118 valence electrons. The van der Waals surface area contributed by atoms with Crippen LogP contribution in [0.25, 0.3) is 0 Å². The zero-order valence-corrected chi connectivity index (χ0v) is 14.5. The highest BCUT2D eigenvalue weighted by atomic mass is 35.5. The van der Waals surface area contributed by atoms with E-state index in [1.165, 1.54) is 0 Å². The van der Waals surface area contributed by atoms with E-state index in [-0.39, 0.29) is 0 Å². The fraction of sp³-hybridized carbons (Fsp3) is 0.400. The van der Waals surface area contributed by atoms with Gasteiger partial charge in [0, 0.05) is 25.2 Å². The smallest absolute Gasteiger partial charge is 0.191 e. The van der Waals surface area contributed by atoms with Crippen LogP contribution in [-0.2, 0) is 13.1 Å². The summed E-state index contributed by atoms with van der Waals surface area (Å²) in [5, 5.41) is 10.2. The Bertz CT molecular complexity index is 621. The molecule has 0 amide bonds. The minimum atomic E-state index is 0.458. The van der Waals surface area contributed by atoms with Gasteiger partial charge in [0.05, 0.1) is 12.2 Å². The molecule has 0 saturated heterocycles. The summed E-state index contributed by atoms with van der Waals surface area (Å²) in [5.41, 5.74) is 2.18. The summed E-state index contributed by atoms with van der Waals surface area (Å²) >= 11 is 7.44. The van der Waals surface area contributed by atoms with Gasteiger partial charge in [-0.1, -0.05) is 31.5 Å². The third-order valence-corrected chi connectivity index (χ3v) is 4.13. The van der Waals surface area contributed by atoms with Crippen LogP contribution >= 0.6 is 22.9 Å². The van der Waals surface area contributed by atoms with Crippen LogP contribution in [0, 0.1) is 0 Å². The van der Waals surface area contributed by atoms with Gasteiger partial charge in [-0.25, -0.2) is 9.97 Å². The Hall–Kier alpha value is -1.66. The van der Waals surface area contributed by atoms with Gasteiger partial charge < -0.3 is 10.6 Å². The predicted octanol–water partition coefficient (Wildman–Crippen LogP) is 3.18. The standard InChI is InChI=1S/C15H20ClN5S/c1-10(2)12-9-22-14(21-12)8-20-15(17-3)19-7-11-4-5-13(16)18-6-11/h4-6,9-10H,7-8H2,1-3H3,(H2,17,19,20). The van der Waals surface area contributed by atoms with Gasteiger partial charge >= 0.3 is 0 Å². The molecule has 5 nitrogen and oxygen atoms in total. The first-order valence-corrected chi connectivity index (χ1v) is 8.33. The van der Waals surface area contributed by atoms with Crippen LogP contribution in [0.3, 0.4) is 0 Å². The maximum Gasteiger partial charge on any atom is 0.191 e. The molecule has 0 bridgehead atoms. The number of guanidine groups is 1. The van der Waals surface area contributed by atoms with Crippen LogP contribution in [0.5, 0.6) is 0 Å². The normalized spacial score (nSPS) is 11.8. The van der Waals surface area contributed by atoms with Crippen LogP contribution in [0.4, 0.5) is 0 Å². The van der Waals surface area contributed by atoms with Crippen molar-refractivity contribution in [3.05, 3.63) is 45.1 Å². The summed E-state index contributed by atoms with van der Waals surface area (Å²) in [6.45, 7) is 5.59. The Labute approximate surface area is 139 Å². The lowest BCUT2D eigenvalue weighted by Gasteiger charge is -2.10. The van der Waals surface area contributed by atoms with Crippen molar-refractivity contribution in [2.24, 2.45) is 4.99 Å². The molecule has 0 fully saturated rings. The number of hydrogen-bond acceptors (Lipinski definition) is 4. The minimum Gasteiger partial charge on any atom is -0.352 e. The number of aliphatic imine (C=N–C) groups is 1. The molecule has 0 atom stereocenters. The second-order valence-corrected chi connectivity index (χ2v) is 6.42. The van der Waals surface area contributed by atoms with Crippen molar-refractivity contribution in [2.75, 3.05) is 7.05 Å². The van der Waals surface area contributed by atoms with Gasteiger partial charge in [0.1, 0.15) is 10.2 Å². The minimum absolute atomic E-state index is 0.458. The molecule has 2 aromatic heterocycles. The van der Waals surface area contributed by atoms with Crippen molar-refractivity contribution in [3.8, 4) is 0 Å². The van der Waals surface area contributed by atoms with E-state index in [0.29, 0.717) is 24.2 Å². The molecule has 2 N–H and O–H groups in total. The third-order valence-electron chi connectivity index (χ3n) is 3.04. The molecule has 0 aliphatic heterocycles. The third kappa shape index (κ3) is 4.96. The molecule has 0 aliphatic rings. The number of pyridine rings is 1. The van der Waals surface area contributed by atoms with Crippen molar-refractivity contribution >= 4 is 28.9 Å². The van der Waals surface area contributed by atoms with E-state index in [1.807, 2.05) is 6.07 Å². The molecule has 0 aromatic carbocycles. The summed E-state index contributed by atoms with van der Waals surface area (Å²) in [6.07, 6.45) is 1.75. The average Bonchev–Trinajstić information content (AvgIpc) is 2.98. The van der Waals surface area contributed by atoms with E-state index < -0.39 is 0 Å². The summed E-state index contributed by atoms with van der Waals surface area (Å²) in [7, 11) is 1.75. The largest absolute Gasteiger partial charge is 0.352 e. The Morgan fingerprint density at radius 1 is 1.32 bits per heavy atom. The lowest BCUT2D eigenvalue weighted by atomic mass is 10.2. The number of thiazole rings is 1. The van der Waals surface area contributed by atoms with E-state index in [9.17, 15) is 0 Å². The highest BCUT2D eigenvalue weighted by molar-refractivity contribution is 7.09. The van der Waals surface area contributed by atoms with E-state index >= 15 is 0 Å². The molecule has 0 spiro atoms. The molecule has 2 heterocycles. The number of hydrogen-bond donors (Lipinski definition) is 2. The van der Waals surface area contributed by atoms with Crippen molar-refractivity contribution in [3.63, 3.8) is 0 Å². The van der Waals surface area contributed by atoms with Gasteiger partial charge in [0.25, 0.3) is 0 Å². The predicted molar refractivity (Wildman–Crippen MR) is 92.5 cm³/mol. The second kappa shape index (κ2) is 8.10. The highest BCUT2D eigenvalue weighted by Crippen LogP contribution is 2.17. The van der Waals surface area contributed by atoms with E-state index in [2.05, 4.69) is 44.8 Å². The zero-order valence-electron chi connectivity index (χ0n) is 12.9. The number of nitrogens with one attached hydrogen (secondary N) is 2. The topological polar surface area (TPSA) is 62.2 Å². The first-order chi connectivity index (χ1) is 10.6. The van der Waals surface area contributed by atoms with Crippen molar-refractivity contribution in [1.29, 1.82) is 0 Å². The second-order valence-electron chi connectivity index (χ2n) is 5.09. The number of nitrogens with zero attached hydrogens (tertiary/aromatic N) is 3. The first-order valence-electron chi connectivity index (χ1n) is 7.07. The van der Waals surface area contributed by atoms with Crippen molar-refractivity contribution in [1.82, 2.24) is 20.6 Å². The summed E-state index contributed by atoms with van der Waals surface area (Å²) < 4.78 is 0. The number of halogens is 1. The summed E-state index contributed by atoms with van der Waals surface area (Å²) in [4.78, 5) is 12.8. The zero-order chi connectivity index (χ0) is 15.9. The van der Waals surface area contributed by atoms with Crippen molar-refractivity contribution < 1.29 is 0 Å². The highest BCUT2D eigenvalue weighted by Gasteiger charge is 2.06. The van der Waals surface area contributed by atoms with Crippen LogP contribution < -0.4 is 10.6 Å². The number of aromatic nitrogens is 2. The molecular formula is C15H20ClN5S. The fourth-order valence-corrected chi connectivity index (χ4v) is 2.76. The van der Waals surface area contributed by atoms with Gasteiger partial charge in [-0.05, 0) is 17.5 Å². The molecular weight excluding hydrogens is 318 g/mol. The SMILES string of the molecule is CN=C(NCc1ccc(Cl)nc1)NCc1nc(C(C)C)cs1. The van der Waals surface area contributed by atoms with E-state index in [1.54, 1.807) is 30.6 Å². The van der Waals surface area contributed by atoms with Crippen LogP contribution in [0.1, 0.15) is 36.0 Å². The van der Waals surface area contributed by atoms with Gasteiger partial charge in [-0.15, -0.1) is 11.3 Å². The van der Waals surface area contributed by atoms with E-state index in [4.69, 9.17) is 11.6 Å². The first kappa shape index (κ1) is 16.7. The van der Waals surface area contributed by atoms with Crippen molar-refractivity contribution in [2.45, 2.75) is 32.9 Å². The fourth-order valence-electron chi connectivity index (χ4n) is 1.75. The molecule has 2 rings (SSSR count). The van der Waals surface area contributed by atoms with Crippen LogP contribution in [-0.4, -0.2) is 23.0 Å². The van der Waals surface area contributed by atoms with Crippen LogP contribution in [0.15, 0.2) is 28.7 Å². The molecule has 22 heavy (non-hydrogen) atoms. The molecule has 2 aromatic rings. The van der Waals surface area contributed by atoms with Gasteiger partial charge in [-0.3, -0.25) is 4.99 Å². The maximum absolute atomic E-state index is 5.77. The molecule has 0 unspecified atom stereocenters. The Kier molecular flexibility index (Phi) is 6.15. The monoisotopic (exact) mass is 337 g/mol. The Morgan fingerprint density at radius 2 is 2.09 bits per heavy atom. The average molecular weight is 338 g/mol. The summed E-state index contributed by atoms with van der Waals surface area (Å²) in [5.74, 6) is 1.19. The molecule has 0 radical (unpaired) electrons. The van der Waals surface area contributed by atoms with Crippen LogP contribution in [0.2, 0.25) is 5.15 Å². The summed E-state index contributed by atoms with van der Waals surface area (Å²) in [6, 6.07) is 3.71. The Balaban J connectivity index is 1.83. The molecule has 0 aliphatic carbocycles. The lowest BCUT2D eigenvalue weighted by Crippen LogP contribution is -2.36. The number of rotatable bonds is 5. The quantitative estimate of drug-likeness (QED) is 0.499. The maximum atomic E-state index is 5.77. The van der Waals surface area contributed by atoms with Gasteiger partial charge in [0.2, 0.25) is 0 Å². The lowest BCUT2D eigenvalue weighted by molar-refractivity contribution is 0.784. The molecule has 7 heteroatoms. The molecule has 0 saturated carbocycles. The van der Waals surface area contributed by atoms with E-state index in [0.717, 1.165) is 22.2 Å².